The van der Waals surface area contributed by atoms with E-state index in [0.717, 1.165) is 0 Å². The van der Waals surface area contributed by atoms with Gasteiger partial charge < -0.3 is 14.8 Å². The summed E-state index contributed by atoms with van der Waals surface area (Å²) in [4.78, 5) is 23.5. The molecule has 0 aliphatic carbocycles. The van der Waals surface area contributed by atoms with Crippen molar-refractivity contribution in [1.82, 2.24) is 10.0 Å². The zero-order valence-corrected chi connectivity index (χ0v) is 15.8. The van der Waals surface area contributed by atoms with Gasteiger partial charge >= 0.3 is 5.97 Å². The summed E-state index contributed by atoms with van der Waals surface area (Å²) < 4.78 is 32.0. The fraction of sp³-hybridized carbons (Fsp3) is 0.333. The third-order valence-electron chi connectivity index (χ3n) is 3.75. The highest BCUT2D eigenvalue weighted by Crippen LogP contribution is 2.13. The number of nitrogens with one attached hydrogen (secondary N) is 2. The monoisotopic (exact) mass is 394 g/mol. The maximum absolute atomic E-state index is 12.3. The minimum Gasteiger partial charge on any atom is -0.480 e. The summed E-state index contributed by atoms with van der Waals surface area (Å²) in [5, 5.41) is 11.6. The van der Waals surface area contributed by atoms with E-state index >= 15 is 0 Å². The first kappa shape index (κ1) is 20.7. The van der Waals surface area contributed by atoms with Gasteiger partial charge in [-0.05, 0) is 48.7 Å². The number of amides is 1. The molecule has 1 aromatic carbocycles. The number of carbonyl (C=O) groups excluding carboxylic acids is 1. The molecule has 3 N–H and O–H groups in total. The van der Waals surface area contributed by atoms with E-state index in [9.17, 15) is 23.1 Å². The highest BCUT2D eigenvalue weighted by molar-refractivity contribution is 7.89. The van der Waals surface area contributed by atoms with E-state index in [0.29, 0.717) is 12.2 Å². The van der Waals surface area contributed by atoms with Crippen molar-refractivity contribution in [2.24, 2.45) is 5.92 Å². The minimum absolute atomic E-state index is 0.00701. The van der Waals surface area contributed by atoms with Crippen molar-refractivity contribution in [3.63, 3.8) is 0 Å². The standard InChI is InChI=1S/C18H22N2O6S/c1-12(2)10-16(18(22)23)20-17(21)13-5-7-15(8-6-13)27(24,25)19-11-14-4-3-9-26-14/h3-9,12,16,19H,10-11H2,1-2H3,(H,20,21)(H,22,23). The lowest BCUT2D eigenvalue weighted by molar-refractivity contribution is -0.139. The average Bonchev–Trinajstić information content (AvgIpc) is 3.12. The largest absolute Gasteiger partial charge is 0.480 e. The van der Waals surface area contributed by atoms with Gasteiger partial charge in [-0.25, -0.2) is 17.9 Å². The number of benzene rings is 1. The fourth-order valence-electron chi connectivity index (χ4n) is 2.38. The van der Waals surface area contributed by atoms with E-state index in [1.807, 2.05) is 13.8 Å². The van der Waals surface area contributed by atoms with Crippen molar-refractivity contribution in [2.75, 3.05) is 0 Å². The average molecular weight is 394 g/mol. The first-order chi connectivity index (χ1) is 12.7. The van der Waals surface area contributed by atoms with E-state index in [4.69, 9.17) is 4.42 Å². The van der Waals surface area contributed by atoms with E-state index < -0.39 is 27.9 Å². The second-order valence-corrected chi connectivity index (χ2v) is 8.19. The smallest absolute Gasteiger partial charge is 0.326 e. The molecule has 2 aromatic rings. The van der Waals surface area contributed by atoms with Crippen molar-refractivity contribution >= 4 is 21.9 Å². The van der Waals surface area contributed by atoms with Gasteiger partial charge in [0, 0.05) is 5.56 Å². The van der Waals surface area contributed by atoms with Gasteiger partial charge in [0.1, 0.15) is 11.8 Å². The Bertz CT molecular complexity index is 873. The number of hydrogen-bond donors (Lipinski definition) is 3. The van der Waals surface area contributed by atoms with Crippen LogP contribution in [0.1, 0.15) is 36.4 Å². The van der Waals surface area contributed by atoms with Crippen molar-refractivity contribution in [3.05, 3.63) is 54.0 Å². The van der Waals surface area contributed by atoms with Crippen LogP contribution in [0.15, 0.2) is 52.0 Å². The Morgan fingerprint density at radius 3 is 2.33 bits per heavy atom. The van der Waals surface area contributed by atoms with Crippen LogP contribution < -0.4 is 10.0 Å². The Balaban J connectivity index is 2.04. The van der Waals surface area contributed by atoms with Crippen LogP contribution in [0.25, 0.3) is 0 Å². The van der Waals surface area contributed by atoms with Gasteiger partial charge in [-0.15, -0.1) is 0 Å². The van der Waals surface area contributed by atoms with Crippen LogP contribution in [0.5, 0.6) is 0 Å². The number of sulfonamides is 1. The SMILES string of the molecule is CC(C)CC(NC(=O)c1ccc(S(=O)(=O)NCc2ccco2)cc1)C(=O)O. The third-order valence-corrected chi connectivity index (χ3v) is 5.17. The van der Waals surface area contributed by atoms with Gasteiger partial charge in [-0.2, -0.15) is 0 Å². The molecule has 9 heteroatoms. The van der Waals surface area contributed by atoms with Crippen molar-refractivity contribution < 1.29 is 27.5 Å². The number of rotatable bonds is 9. The Labute approximate surface area is 157 Å². The van der Waals surface area contributed by atoms with E-state index in [1.165, 1.54) is 30.5 Å². The predicted molar refractivity (Wildman–Crippen MR) is 97.5 cm³/mol. The molecule has 1 amide bonds. The van der Waals surface area contributed by atoms with Crippen molar-refractivity contribution in [1.29, 1.82) is 0 Å². The zero-order valence-electron chi connectivity index (χ0n) is 15.0. The van der Waals surface area contributed by atoms with Gasteiger partial charge in [0.2, 0.25) is 10.0 Å². The van der Waals surface area contributed by atoms with Gasteiger partial charge in [0.05, 0.1) is 17.7 Å². The molecular weight excluding hydrogens is 372 g/mol. The molecule has 0 saturated carbocycles. The molecule has 1 aromatic heterocycles. The topological polar surface area (TPSA) is 126 Å². The van der Waals surface area contributed by atoms with Gasteiger partial charge in [0.15, 0.2) is 0 Å². The van der Waals surface area contributed by atoms with Crippen molar-refractivity contribution in [3.8, 4) is 0 Å². The van der Waals surface area contributed by atoms with E-state index in [-0.39, 0.29) is 22.9 Å². The second kappa shape index (κ2) is 8.83. The summed E-state index contributed by atoms with van der Waals surface area (Å²) in [5.74, 6) is -1.12. The lowest BCUT2D eigenvalue weighted by Crippen LogP contribution is -2.41. The molecule has 2 rings (SSSR count). The van der Waals surface area contributed by atoms with Gasteiger partial charge in [0.25, 0.3) is 5.91 Å². The van der Waals surface area contributed by atoms with Crippen LogP contribution in [0.4, 0.5) is 0 Å². The number of aliphatic carboxylic acids is 1. The predicted octanol–water partition coefficient (Wildman–Crippen LogP) is 1.99. The second-order valence-electron chi connectivity index (χ2n) is 6.42. The highest BCUT2D eigenvalue weighted by Gasteiger charge is 2.22. The Hall–Kier alpha value is -2.65. The summed E-state index contributed by atoms with van der Waals surface area (Å²) in [7, 11) is -3.77. The summed E-state index contributed by atoms with van der Waals surface area (Å²) in [6.45, 7) is 3.72. The maximum atomic E-state index is 12.3. The molecule has 1 atom stereocenters. The van der Waals surface area contributed by atoms with Crippen LogP contribution in [0.3, 0.4) is 0 Å². The fourth-order valence-corrected chi connectivity index (χ4v) is 3.38. The molecule has 0 aliphatic rings. The van der Waals surface area contributed by atoms with Crippen LogP contribution in [0, 0.1) is 5.92 Å². The first-order valence-corrected chi connectivity index (χ1v) is 9.83. The normalized spacial score (nSPS) is 12.7. The summed E-state index contributed by atoms with van der Waals surface area (Å²) in [5.41, 5.74) is 0.176. The molecule has 0 aliphatic heterocycles. The number of carbonyl (C=O) groups is 2. The van der Waals surface area contributed by atoms with E-state index in [1.54, 1.807) is 12.1 Å². The van der Waals surface area contributed by atoms with Crippen LogP contribution in [0.2, 0.25) is 0 Å². The molecule has 27 heavy (non-hydrogen) atoms. The molecule has 0 spiro atoms. The summed E-state index contributed by atoms with van der Waals surface area (Å²) in [6.07, 6.45) is 1.74. The number of hydrogen-bond acceptors (Lipinski definition) is 5. The Morgan fingerprint density at radius 2 is 1.81 bits per heavy atom. The Kier molecular flexibility index (Phi) is 6.75. The maximum Gasteiger partial charge on any atom is 0.326 e. The summed E-state index contributed by atoms with van der Waals surface area (Å²) in [6, 6.07) is 7.55. The molecule has 146 valence electrons. The summed E-state index contributed by atoms with van der Waals surface area (Å²) >= 11 is 0. The molecule has 8 nitrogen and oxygen atoms in total. The van der Waals surface area contributed by atoms with Gasteiger partial charge in [-0.3, -0.25) is 4.79 Å². The molecule has 0 radical (unpaired) electrons. The molecular formula is C18H22N2O6S. The molecule has 1 heterocycles. The van der Waals surface area contributed by atoms with Crippen LogP contribution >= 0.6 is 0 Å². The highest BCUT2D eigenvalue weighted by atomic mass is 32.2. The quantitative estimate of drug-likeness (QED) is 0.597. The lowest BCUT2D eigenvalue weighted by Gasteiger charge is -2.16. The molecule has 0 bridgehead atoms. The Morgan fingerprint density at radius 1 is 1.15 bits per heavy atom. The van der Waals surface area contributed by atoms with Crippen molar-refractivity contribution in [2.45, 2.75) is 37.8 Å². The zero-order chi connectivity index (χ0) is 20.0. The first-order valence-electron chi connectivity index (χ1n) is 8.35. The van der Waals surface area contributed by atoms with Gasteiger partial charge in [-0.1, -0.05) is 13.8 Å². The number of carboxylic acids is 1. The lowest BCUT2D eigenvalue weighted by atomic mass is 10.0. The van der Waals surface area contributed by atoms with E-state index in [2.05, 4.69) is 10.0 Å². The minimum atomic E-state index is -3.77. The number of furan rings is 1. The third kappa shape index (κ3) is 5.93. The molecule has 1 unspecified atom stereocenters. The van der Waals surface area contributed by atoms with Crippen LogP contribution in [-0.4, -0.2) is 31.4 Å². The molecule has 0 saturated heterocycles. The molecule has 0 fully saturated rings. The number of carboxylic acid groups (broad SMARTS) is 1. The van der Waals surface area contributed by atoms with Crippen LogP contribution in [-0.2, 0) is 21.4 Å².